The van der Waals surface area contributed by atoms with Crippen LogP contribution in [0.2, 0.25) is 0 Å². The molecule has 0 aromatic heterocycles. The van der Waals surface area contributed by atoms with Crippen LogP contribution in [0.15, 0.2) is 22.7 Å². The molecule has 1 aromatic carbocycles. The SMILES string of the molecule is N#Cc1ccc(NC(=O)CC2COCCN2)c(Br)c1. The monoisotopic (exact) mass is 323 g/mol. The molecule has 6 heteroatoms. The van der Waals surface area contributed by atoms with Crippen molar-refractivity contribution in [2.75, 3.05) is 25.1 Å². The van der Waals surface area contributed by atoms with Gasteiger partial charge in [0.15, 0.2) is 0 Å². The number of hydrogen-bond acceptors (Lipinski definition) is 4. The summed E-state index contributed by atoms with van der Waals surface area (Å²) in [5.41, 5.74) is 1.22. The molecular weight excluding hydrogens is 310 g/mol. The first kappa shape index (κ1) is 14.0. The number of hydrogen-bond donors (Lipinski definition) is 2. The predicted molar refractivity (Wildman–Crippen MR) is 74.7 cm³/mol. The molecule has 0 aliphatic carbocycles. The lowest BCUT2D eigenvalue weighted by atomic mass is 10.1. The zero-order valence-corrected chi connectivity index (χ0v) is 11.9. The van der Waals surface area contributed by atoms with E-state index in [4.69, 9.17) is 10.00 Å². The Morgan fingerprint density at radius 2 is 2.47 bits per heavy atom. The Morgan fingerprint density at radius 3 is 3.11 bits per heavy atom. The van der Waals surface area contributed by atoms with E-state index in [1.54, 1.807) is 18.2 Å². The van der Waals surface area contributed by atoms with Gasteiger partial charge in [0.05, 0.1) is 30.5 Å². The molecule has 5 nitrogen and oxygen atoms in total. The number of rotatable bonds is 3. The van der Waals surface area contributed by atoms with Crippen molar-refractivity contribution < 1.29 is 9.53 Å². The van der Waals surface area contributed by atoms with Crippen LogP contribution in [0.25, 0.3) is 0 Å². The molecule has 0 spiro atoms. The van der Waals surface area contributed by atoms with Crippen molar-refractivity contribution in [2.45, 2.75) is 12.5 Å². The first-order valence-electron chi connectivity index (χ1n) is 5.99. The van der Waals surface area contributed by atoms with Gasteiger partial charge in [-0.1, -0.05) is 0 Å². The molecule has 19 heavy (non-hydrogen) atoms. The zero-order chi connectivity index (χ0) is 13.7. The molecule has 1 unspecified atom stereocenters. The number of halogens is 1. The number of nitriles is 1. The highest BCUT2D eigenvalue weighted by molar-refractivity contribution is 9.10. The second-order valence-electron chi connectivity index (χ2n) is 4.28. The van der Waals surface area contributed by atoms with Gasteiger partial charge in [-0.25, -0.2) is 0 Å². The lowest BCUT2D eigenvalue weighted by Gasteiger charge is -2.23. The summed E-state index contributed by atoms with van der Waals surface area (Å²) in [6.45, 7) is 2.03. The number of amides is 1. The lowest BCUT2D eigenvalue weighted by Crippen LogP contribution is -2.43. The van der Waals surface area contributed by atoms with Crippen molar-refractivity contribution in [1.82, 2.24) is 5.32 Å². The Balaban J connectivity index is 1.93. The van der Waals surface area contributed by atoms with Gasteiger partial charge in [0, 0.05) is 23.5 Å². The standard InChI is InChI=1S/C13H14BrN3O2/c14-11-5-9(7-15)1-2-12(11)17-13(18)6-10-8-19-4-3-16-10/h1-2,5,10,16H,3-4,6,8H2,(H,17,18). The van der Waals surface area contributed by atoms with Crippen molar-refractivity contribution in [2.24, 2.45) is 0 Å². The van der Waals surface area contributed by atoms with Gasteiger partial charge in [0.1, 0.15) is 0 Å². The molecule has 100 valence electrons. The molecule has 1 heterocycles. The van der Waals surface area contributed by atoms with Crippen LogP contribution in [0.4, 0.5) is 5.69 Å². The van der Waals surface area contributed by atoms with Crippen LogP contribution in [-0.4, -0.2) is 31.7 Å². The molecule has 2 rings (SSSR count). The summed E-state index contributed by atoms with van der Waals surface area (Å²) in [4.78, 5) is 11.9. The Morgan fingerprint density at radius 1 is 1.63 bits per heavy atom. The van der Waals surface area contributed by atoms with Gasteiger partial charge < -0.3 is 15.4 Å². The minimum atomic E-state index is -0.0755. The highest BCUT2D eigenvalue weighted by Crippen LogP contribution is 2.23. The predicted octanol–water partition coefficient (Wildman–Crippen LogP) is 1.64. The van der Waals surface area contributed by atoms with E-state index in [-0.39, 0.29) is 11.9 Å². The number of anilines is 1. The quantitative estimate of drug-likeness (QED) is 0.886. The van der Waals surface area contributed by atoms with E-state index in [0.717, 1.165) is 6.54 Å². The Labute approximate surface area is 120 Å². The third kappa shape index (κ3) is 4.03. The van der Waals surface area contributed by atoms with Crippen molar-refractivity contribution in [3.05, 3.63) is 28.2 Å². The molecule has 1 aliphatic heterocycles. The maximum atomic E-state index is 11.9. The summed E-state index contributed by atoms with van der Waals surface area (Å²) >= 11 is 3.34. The number of morpholine rings is 1. The Bertz CT molecular complexity index is 507. The van der Waals surface area contributed by atoms with Gasteiger partial charge in [-0.3, -0.25) is 4.79 Å². The minimum absolute atomic E-state index is 0.0610. The van der Waals surface area contributed by atoms with E-state index in [0.29, 0.717) is 35.4 Å². The Kier molecular flexibility index (Phi) is 4.91. The summed E-state index contributed by atoms with van der Waals surface area (Å²) in [6.07, 6.45) is 0.368. The van der Waals surface area contributed by atoms with Crippen LogP contribution in [0.3, 0.4) is 0 Å². The number of carbonyl (C=O) groups is 1. The van der Waals surface area contributed by atoms with Crippen LogP contribution < -0.4 is 10.6 Å². The summed E-state index contributed by atoms with van der Waals surface area (Å²) in [5.74, 6) is -0.0755. The molecule has 1 aliphatic rings. The van der Waals surface area contributed by atoms with Gasteiger partial charge >= 0.3 is 0 Å². The molecule has 1 saturated heterocycles. The molecule has 1 amide bonds. The molecular formula is C13H14BrN3O2. The van der Waals surface area contributed by atoms with Crippen LogP contribution in [0.5, 0.6) is 0 Å². The fourth-order valence-corrected chi connectivity index (χ4v) is 2.34. The van der Waals surface area contributed by atoms with E-state index in [2.05, 4.69) is 26.6 Å². The molecule has 2 N–H and O–H groups in total. The van der Waals surface area contributed by atoms with E-state index >= 15 is 0 Å². The highest BCUT2D eigenvalue weighted by Gasteiger charge is 2.17. The third-order valence-corrected chi connectivity index (χ3v) is 3.46. The average Bonchev–Trinajstić information content (AvgIpc) is 2.42. The first-order valence-corrected chi connectivity index (χ1v) is 6.79. The van der Waals surface area contributed by atoms with Crippen molar-refractivity contribution in [3.8, 4) is 6.07 Å². The second-order valence-corrected chi connectivity index (χ2v) is 5.14. The van der Waals surface area contributed by atoms with E-state index in [1.807, 2.05) is 6.07 Å². The van der Waals surface area contributed by atoms with Gasteiger partial charge in [-0.2, -0.15) is 5.26 Å². The van der Waals surface area contributed by atoms with Gasteiger partial charge in [0.25, 0.3) is 0 Å². The summed E-state index contributed by atoms with van der Waals surface area (Å²) in [7, 11) is 0. The minimum Gasteiger partial charge on any atom is -0.378 e. The van der Waals surface area contributed by atoms with Gasteiger partial charge in [-0.05, 0) is 34.1 Å². The normalized spacial score (nSPS) is 18.6. The summed E-state index contributed by atoms with van der Waals surface area (Å²) < 4.78 is 6.00. The largest absolute Gasteiger partial charge is 0.378 e. The molecule has 0 bridgehead atoms. The smallest absolute Gasteiger partial charge is 0.226 e. The zero-order valence-electron chi connectivity index (χ0n) is 10.3. The van der Waals surface area contributed by atoms with Gasteiger partial charge in [0.2, 0.25) is 5.91 Å². The lowest BCUT2D eigenvalue weighted by molar-refractivity contribution is -0.117. The molecule has 0 radical (unpaired) electrons. The summed E-state index contributed by atoms with van der Waals surface area (Å²) in [6, 6.07) is 7.17. The number of ether oxygens (including phenoxy) is 1. The summed E-state index contributed by atoms with van der Waals surface area (Å²) in [5, 5.41) is 14.8. The fourth-order valence-electron chi connectivity index (χ4n) is 1.86. The first-order chi connectivity index (χ1) is 9.19. The maximum absolute atomic E-state index is 11.9. The van der Waals surface area contributed by atoms with Crippen LogP contribution in [0, 0.1) is 11.3 Å². The number of nitrogens with one attached hydrogen (secondary N) is 2. The topological polar surface area (TPSA) is 74.2 Å². The average molecular weight is 324 g/mol. The third-order valence-electron chi connectivity index (χ3n) is 2.80. The fraction of sp³-hybridized carbons (Fsp3) is 0.385. The van der Waals surface area contributed by atoms with Crippen LogP contribution in [0.1, 0.15) is 12.0 Å². The van der Waals surface area contributed by atoms with E-state index < -0.39 is 0 Å². The molecule has 1 aromatic rings. The van der Waals surface area contributed by atoms with Crippen molar-refractivity contribution >= 4 is 27.5 Å². The molecule has 1 fully saturated rings. The highest BCUT2D eigenvalue weighted by atomic mass is 79.9. The molecule has 1 atom stereocenters. The van der Waals surface area contributed by atoms with Crippen LogP contribution in [-0.2, 0) is 9.53 Å². The van der Waals surface area contributed by atoms with E-state index in [9.17, 15) is 4.79 Å². The Hall–Kier alpha value is -1.42. The number of nitrogens with zero attached hydrogens (tertiary/aromatic N) is 1. The maximum Gasteiger partial charge on any atom is 0.226 e. The van der Waals surface area contributed by atoms with Gasteiger partial charge in [-0.15, -0.1) is 0 Å². The van der Waals surface area contributed by atoms with Crippen molar-refractivity contribution in [1.29, 1.82) is 5.26 Å². The number of carbonyl (C=O) groups excluding carboxylic acids is 1. The molecule has 0 saturated carbocycles. The van der Waals surface area contributed by atoms with Crippen LogP contribution >= 0.6 is 15.9 Å². The van der Waals surface area contributed by atoms with E-state index in [1.165, 1.54) is 0 Å². The van der Waals surface area contributed by atoms with Crippen molar-refractivity contribution in [3.63, 3.8) is 0 Å². The second kappa shape index (κ2) is 6.66. The number of benzene rings is 1.